The molecule has 0 amide bonds. The van der Waals surface area contributed by atoms with Crippen LogP contribution in [0.25, 0.3) is 0 Å². The number of halogens is 1. The zero-order valence-electron chi connectivity index (χ0n) is 15.2. The molecule has 6 nitrogen and oxygen atoms in total. The lowest BCUT2D eigenvalue weighted by molar-refractivity contribution is 0.267. The SMILES string of the molecule is CCN1CCCC1CNC(N)=NCc1ccnc(N2CCCC2)c1.I. The van der Waals surface area contributed by atoms with Crippen molar-refractivity contribution in [2.24, 2.45) is 10.7 Å². The summed E-state index contributed by atoms with van der Waals surface area (Å²) >= 11 is 0. The molecule has 0 spiro atoms. The molecule has 25 heavy (non-hydrogen) atoms. The second-order valence-corrected chi connectivity index (χ2v) is 6.72. The average Bonchev–Trinajstić information content (AvgIpc) is 3.29. The summed E-state index contributed by atoms with van der Waals surface area (Å²) in [4.78, 5) is 13.8. The van der Waals surface area contributed by atoms with E-state index < -0.39 is 0 Å². The minimum absolute atomic E-state index is 0. The Balaban J connectivity index is 0.00000225. The van der Waals surface area contributed by atoms with Crippen molar-refractivity contribution in [3.63, 3.8) is 0 Å². The third-order valence-electron chi connectivity index (χ3n) is 5.10. The molecule has 140 valence electrons. The molecule has 3 N–H and O–H groups in total. The summed E-state index contributed by atoms with van der Waals surface area (Å²) in [5.41, 5.74) is 7.20. The van der Waals surface area contributed by atoms with Gasteiger partial charge in [-0.15, -0.1) is 24.0 Å². The van der Waals surface area contributed by atoms with Crippen LogP contribution in [0.5, 0.6) is 0 Å². The molecule has 2 aliphatic heterocycles. The molecule has 1 atom stereocenters. The first-order chi connectivity index (χ1) is 11.8. The number of aromatic nitrogens is 1. The monoisotopic (exact) mass is 458 g/mol. The third kappa shape index (κ3) is 5.70. The molecule has 3 rings (SSSR count). The maximum atomic E-state index is 6.04. The number of hydrogen-bond acceptors (Lipinski definition) is 4. The van der Waals surface area contributed by atoms with Crippen LogP contribution in [0, 0.1) is 0 Å². The fourth-order valence-electron chi connectivity index (χ4n) is 3.68. The predicted octanol–water partition coefficient (Wildman–Crippen LogP) is 2.19. The van der Waals surface area contributed by atoms with Crippen LogP contribution in [-0.4, -0.2) is 54.6 Å². The van der Waals surface area contributed by atoms with Crippen molar-refractivity contribution >= 4 is 35.8 Å². The van der Waals surface area contributed by atoms with Gasteiger partial charge in [0.1, 0.15) is 5.82 Å². The predicted molar refractivity (Wildman–Crippen MR) is 115 cm³/mol. The van der Waals surface area contributed by atoms with Crippen molar-refractivity contribution in [1.29, 1.82) is 0 Å². The zero-order chi connectivity index (χ0) is 16.8. The van der Waals surface area contributed by atoms with Crippen LogP contribution in [0.15, 0.2) is 23.3 Å². The van der Waals surface area contributed by atoms with Gasteiger partial charge in [-0.2, -0.15) is 0 Å². The highest BCUT2D eigenvalue weighted by molar-refractivity contribution is 14.0. The lowest BCUT2D eigenvalue weighted by Gasteiger charge is -2.23. The standard InChI is InChI=1S/C18H30N6.HI/c1-2-23-11-5-6-16(23)14-22-18(19)21-13-15-7-8-20-17(12-15)24-9-3-4-10-24;/h7-8,12,16H,2-6,9-11,13-14H2,1H3,(H3,19,21,22);1H. The third-order valence-corrected chi connectivity index (χ3v) is 5.10. The summed E-state index contributed by atoms with van der Waals surface area (Å²) in [6, 6.07) is 4.75. The normalized spacial score (nSPS) is 21.4. The molecule has 3 heterocycles. The molecule has 7 heteroatoms. The molecule has 0 saturated carbocycles. The summed E-state index contributed by atoms with van der Waals surface area (Å²) < 4.78 is 0. The summed E-state index contributed by atoms with van der Waals surface area (Å²) in [5, 5.41) is 3.29. The van der Waals surface area contributed by atoms with Crippen LogP contribution in [0.1, 0.15) is 38.2 Å². The van der Waals surface area contributed by atoms with Gasteiger partial charge < -0.3 is 16.0 Å². The van der Waals surface area contributed by atoms with Crippen molar-refractivity contribution in [3.8, 4) is 0 Å². The number of pyridine rings is 1. The minimum Gasteiger partial charge on any atom is -0.370 e. The zero-order valence-corrected chi connectivity index (χ0v) is 17.5. The van der Waals surface area contributed by atoms with Gasteiger partial charge in [0, 0.05) is 31.9 Å². The number of rotatable bonds is 6. The van der Waals surface area contributed by atoms with Crippen molar-refractivity contribution < 1.29 is 0 Å². The van der Waals surface area contributed by atoms with Crippen LogP contribution in [0.3, 0.4) is 0 Å². The molecule has 0 bridgehead atoms. The Hall–Kier alpha value is -1.09. The Labute approximate surface area is 168 Å². The Kier molecular flexibility index (Phi) is 8.21. The van der Waals surface area contributed by atoms with E-state index in [1.165, 1.54) is 32.2 Å². The van der Waals surface area contributed by atoms with Gasteiger partial charge in [-0.1, -0.05) is 6.92 Å². The topological polar surface area (TPSA) is 69.8 Å². The van der Waals surface area contributed by atoms with Gasteiger partial charge >= 0.3 is 0 Å². The lowest BCUT2D eigenvalue weighted by atomic mass is 10.2. The Bertz CT molecular complexity index is 558. The first-order valence-corrected chi connectivity index (χ1v) is 9.24. The Morgan fingerprint density at radius 1 is 1.32 bits per heavy atom. The highest BCUT2D eigenvalue weighted by Crippen LogP contribution is 2.19. The van der Waals surface area contributed by atoms with Gasteiger partial charge in [-0.05, 0) is 56.5 Å². The van der Waals surface area contributed by atoms with E-state index in [4.69, 9.17) is 5.73 Å². The lowest BCUT2D eigenvalue weighted by Crippen LogP contribution is -2.42. The van der Waals surface area contributed by atoms with Crippen LogP contribution < -0.4 is 16.0 Å². The fraction of sp³-hybridized carbons (Fsp3) is 0.667. The highest BCUT2D eigenvalue weighted by Gasteiger charge is 2.22. The van der Waals surface area contributed by atoms with Crippen LogP contribution in [-0.2, 0) is 6.54 Å². The highest BCUT2D eigenvalue weighted by atomic mass is 127. The Morgan fingerprint density at radius 2 is 2.12 bits per heavy atom. The molecule has 0 radical (unpaired) electrons. The molecular weight excluding hydrogens is 427 g/mol. The van der Waals surface area contributed by atoms with Crippen molar-refractivity contribution in [1.82, 2.24) is 15.2 Å². The van der Waals surface area contributed by atoms with Gasteiger partial charge in [0.2, 0.25) is 0 Å². The van der Waals surface area contributed by atoms with E-state index in [0.29, 0.717) is 18.5 Å². The summed E-state index contributed by atoms with van der Waals surface area (Å²) in [5.74, 6) is 1.61. The van der Waals surface area contributed by atoms with Crippen molar-refractivity contribution in [3.05, 3.63) is 23.9 Å². The smallest absolute Gasteiger partial charge is 0.188 e. The van der Waals surface area contributed by atoms with Gasteiger partial charge in [-0.25, -0.2) is 9.98 Å². The van der Waals surface area contributed by atoms with Gasteiger partial charge in [0.25, 0.3) is 0 Å². The number of likely N-dealkylation sites (N-methyl/N-ethyl adjacent to an activating group) is 1. The molecule has 2 aliphatic rings. The number of likely N-dealkylation sites (tertiary alicyclic amines) is 1. The van der Waals surface area contributed by atoms with Crippen LogP contribution in [0.4, 0.5) is 5.82 Å². The van der Waals surface area contributed by atoms with E-state index in [1.807, 2.05) is 12.3 Å². The molecule has 2 saturated heterocycles. The first-order valence-electron chi connectivity index (χ1n) is 9.24. The molecule has 1 aromatic rings. The number of nitrogens with two attached hydrogens (primary N) is 1. The van der Waals surface area contributed by atoms with Gasteiger partial charge in [-0.3, -0.25) is 4.90 Å². The van der Waals surface area contributed by atoms with E-state index in [0.717, 1.165) is 37.6 Å². The molecular formula is C18H31IN6. The van der Waals surface area contributed by atoms with E-state index in [1.54, 1.807) is 0 Å². The minimum atomic E-state index is 0. The maximum Gasteiger partial charge on any atom is 0.188 e. The average molecular weight is 458 g/mol. The molecule has 0 aliphatic carbocycles. The van der Waals surface area contributed by atoms with Crippen molar-refractivity contribution in [2.75, 3.05) is 37.6 Å². The van der Waals surface area contributed by atoms with E-state index >= 15 is 0 Å². The van der Waals surface area contributed by atoms with E-state index in [-0.39, 0.29) is 24.0 Å². The number of nitrogens with zero attached hydrogens (tertiary/aromatic N) is 4. The molecule has 1 unspecified atom stereocenters. The van der Waals surface area contributed by atoms with Gasteiger partial charge in [0.05, 0.1) is 6.54 Å². The van der Waals surface area contributed by atoms with Gasteiger partial charge in [0.15, 0.2) is 5.96 Å². The number of guanidine groups is 1. The van der Waals surface area contributed by atoms with Crippen molar-refractivity contribution in [2.45, 2.75) is 45.2 Å². The number of nitrogens with one attached hydrogen (secondary N) is 1. The maximum absolute atomic E-state index is 6.04. The molecule has 0 aromatic carbocycles. The largest absolute Gasteiger partial charge is 0.370 e. The van der Waals surface area contributed by atoms with E-state index in [9.17, 15) is 0 Å². The Morgan fingerprint density at radius 3 is 2.88 bits per heavy atom. The number of aliphatic imine (C=N–C) groups is 1. The fourth-order valence-corrected chi connectivity index (χ4v) is 3.68. The second kappa shape index (κ2) is 10.2. The van der Waals surface area contributed by atoms with Crippen LogP contribution in [0.2, 0.25) is 0 Å². The van der Waals surface area contributed by atoms with Crippen LogP contribution >= 0.6 is 24.0 Å². The molecule has 2 fully saturated rings. The summed E-state index contributed by atoms with van der Waals surface area (Å²) in [6.45, 7) is 8.24. The number of anilines is 1. The summed E-state index contributed by atoms with van der Waals surface area (Å²) in [7, 11) is 0. The van der Waals surface area contributed by atoms with E-state index in [2.05, 4.69) is 38.1 Å². The second-order valence-electron chi connectivity index (χ2n) is 6.72. The quantitative estimate of drug-likeness (QED) is 0.389. The summed E-state index contributed by atoms with van der Waals surface area (Å²) in [6.07, 6.45) is 6.93. The first kappa shape index (κ1) is 20.2. The molecule has 1 aromatic heterocycles. The number of hydrogen-bond donors (Lipinski definition) is 2.